The van der Waals surface area contributed by atoms with Crippen molar-refractivity contribution < 1.29 is 9.59 Å². The van der Waals surface area contributed by atoms with Gasteiger partial charge in [-0.3, -0.25) is 9.59 Å². The van der Waals surface area contributed by atoms with E-state index in [4.69, 9.17) is 5.26 Å². The molecular weight excluding hydrogens is 342 g/mol. The van der Waals surface area contributed by atoms with E-state index < -0.39 is 0 Å². The number of carbonyl (C=O) groups excluding carboxylic acids is 2. The zero-order chi connectivity index (χ0) is 19.2. The Kier molecular flexibility index (Phi) is 5.67. The number of rotatable bonds is 4. The third kappa shape index (κ3) is 4.82. The zero-order valence-corrected chi connectivity index (χ0v) is 15.1. The molecule has 27 heavy (non-hydrogen) atoms. The molecular formula is C20H21N5O2. The van der Waals surface area contributed by atoms with Gasteiger partial charge >= 0.3 is 0 Å². The second-order valence-corrected chi connectivity index (χ2v) is 6.53. The Hall–Kier alpha value is -3.40. The molecule has 1 aromatic carbocycles. The molecule has 2 aromatic rings. The Balaban J connectivity index is 1.55. The lowest BCUT2D eigenvalue weighted by Gasteiger charge is -2.32. The van der Waals surface area contributed by atoms with E-state index in [0.29, 0.717) is 16.9 Å². The minimum Gasteiger partial charge on any atom is -0.357 e. The van der Waals surface area contributed by atoms with Crippen molar-refractivity contribution in [1.29, 1.82) is 5.26 Å². The molecule has 2 amide bonds. The van der Waals surface area contributed by atoms with Gasteiger partial charge in [0, 0.05) is 43.5 Å². The fourth-order valence-electron chi connectivity index (χ4n) is 3.13. The molecule has 2 heterocycles. The SMILES string of the molecule is CC(=O)Nc1cccc(NC(=O)C2CCN(c3ccc(C#N)cn3)CC2)c1. The van der Waals surface area contributed by atoms with E-state index in [2.05, 4.69) is 26.6 Å². The van der Waals surface area contributed by atoms with Crippen molar-refractivity contribution in [2.45, 2.75) is 19.8 Å². The molecule has 0 radical (unpaired) electrons. The number of piperidine rings is 1. The zero-order valence-electron chi connectivity index (χ0n) is 15.1. The van der Waals surface area contributed by atoms with E-state index in [1.165, 1.54) is 6.92 Å². The topological polar surface area (TPSA) is 98.1 Å². The Labute approximate surface area is 158 Å². The highest BCUT2D eigenvalue weighted by Crippen LogP contribution is 2.24. The van der Waals surface area contributed by atoms with Gasteiger partial charge in [0.1, 0.15) is 11.9 Å². The Morgan fingerprint density at radius 1 is 1.15 bits per heavy atom. The van der Waals surface area contributed by atoms with Crippen molar-refractivity contribution in [2.75, 3.05) is 28.6 Å². The normalized spacial score (nSPS) is 14.3. The average Bonchev–Trinajstić information content (AvgIpc) is 2.68. The summed E-state index contributed by atoms with van der Waals surface area (Å²) in [4.78, 5) is 30.2. The first-order valence-electron chi connectivity index (χ1n) is 8.85. The predicted molar refractivity (Wildman–Crippen MR) is 103 cm³/mol. The summed E-state index contributed by atoms with van der Waals surface area (Å²) in [6, 6.07) is 12.8. The van der Waals surface area contributed by atoms with Gasteiger partial charge in [0.25, 0.3) is 0 Å². The summed E-state index contributed by atoms with van der Waals surface area (Å²) in [7, 11) is 0. The largest absolute Gasteiger partial charge is 0.357 e. The molecule has 1 fully saturated rings. The van der Waals surface area contributed by atoms with Crippen LogP contribution in [0.25, 0.3) is 0 Å². The highest BCUT2D eigenvalue weighted by Gasteiger charge is 2.25. The lowest BCUT2D eigenvalue weighted by atomic mass is 9.95. The highest BCUT2D eigenvalue weighted by molar-refractivity contribution is 5.94. The number of nitriles is 1. The van der Waals surface area contributed by atoms with Gasteiger partial charge in [-0.15, -0.1) is 0 Å². The number of anilines is 3. The maximum Gasteiger partial charge on any atom is 0.227 e. The average molecular weight is 363 g/mol. The minimum atomic E-state index is -0.151. The van der Waals surface area contributed by atoms with E-state index in [9.17, 15) is 9.59 Å². The van der Waals surface area contributed by atoms with Gasteiger partial charge in [0.15, 0.2) is 0 Å². The monoisotopic (exact) mass is 363 g/mol. The number of nitrogens with one attached hydrogen (secondary N) is 2. The smallest absolute Gasteiger partial charge is 0.227 e. The molecule has 1 aromatic heterocycles. The van der Waals surface area contributed by atoms with E-state index in [1.807, 2.05) is 6.07 Å². The van der Waals surface area contributed by atoms with Crippen LogP contribution in [0.2, 0.25) is 0 Å². The number of nitrogens with zero attached hydrogens (tertiary/aromatic N) is 3. The fraction of sp³-hybridized carbons (Fsp3) is 0.300. The summed E-state index contributed by atoms with van der Waals surface area (Å²) in [5, 5.41) is 14.5. The van der Waals surface area contributed by atoms with Crippen LogP contribution in [0.15, 0.2) is 42.6 Å². The van der Waals surface area contributed by atoms with E-state index in [-0.39, 0.29) is 17.7 Å². The van der Waals surface area contributed by atoms with Gasteiger partial charge in [-0.1, -0.05) is 6.07 Å². The number of amides is 2. The summed E-state index contributed by atoms with van der Waals surface area (Å²) in [5.41, 5.74) is 1.86. The van der Waals surface area contributed by atoms with Crippen LogP contribution in [-0.4, -0.2) is 29.9 Å². The lowest BCUT2D eigenvalue weighted by molar-refractivity contribution is -0.120. The molecule has 7 heteroatoms. The Bertz CT molecular complexity index is 865. The van der Waals surface area contributed by atoms with Crippen LogP contribution in [0.3, 0.4) is 0 Å². The van der Waals surface area contributed by atoms with Crippen molar-refractivity contribution >= 4 is 29.0 Å². The molecule has 138 valence electrons. The fourth-order valence-corrected chi connectivity index (χ4v) is 3.13. The van der Waals surface area contributed by atoms with E-state index >= 15 is 0 Å². The molecule has 1 saturated heterocycles. The number of carbonyl (C=O) groups is 2. The predicted octanol–water partition coefficient (Wildman–Crippen LogP) is 2.77. The second-order valence-electron chi connectivity index (χ2n) is 6.53. The summed E-state index contributed by atoms with van der Waals surface area (Å²) in [6.07, 6.45) is 3.04. The first kappa shape index (κ1) is 18.4. The lowest BCUT2D eigenvalue weighted by Crippen LogP contribution is -2.38. The van der Waals surface area contributed by atoms with Gasteiger partial charge < -0.3 is 15.5 Å². The maximum absolute atomic E-state index is 12.6. The molecule has 0 spiro atoms. The van der Waals surface area contributed by atoms with Crippen LogP contribution in [0.1, 0.15) is 25.3 Å². The highest BCUT2D eigenvalue weighted by atomic mass is 16.2. The number of benzene rings is 1. The van der Waals surface area contributed by atoms with Crippen LogP contribution in [-0.2, 0) is 9.59 Å². The maximum atomic E-state index is 12.6. The van der Waals surface area contributed by atoms with E-state index in [0.717, 1.165) is 31.7 Å². The van der Waals surface area contributed by atoms with Gasteiger partial charge in [-0.05, 0) is 43.2 Å². The van der Waals surface area contributed by atoms with Gasteiger partial charge in [-0.25, -0.2) is 4.98 Å². The Morgan fingerprint density at radius 3 is 2.44 bits per heavy atom. The van der Waals surface area contributed by atoms with Crippen LogP contribution < -0.4 is 15.5 Å². The second kappa shape index (κ2) is 8.32. The summed E-state index contributed by atoms with van der Waals surface area (Å²) < 4.78 is 0. The van der Waals surface area contributed by atoms with Crippen molar-refractivity contribution in [2.24, 2.45) is 5.92 Å². The van der Waals surface area contributed by atoms with Crippen LogP contribution >= 0.6 is 0 Å². The van der Waals surface area contributed by atoms with Crippen LogP contribution in [0, 0.1) is 17.2 Å². The summed E-state index contributed by atoms with van der Waals surface area (Å²) in [6.45, 7) is 2.92. The first-order chi connectivity index (χ1) is 13.0. The standard InChI is InChI=1S/C20H21N5O2/c1-14(26)23-17-3-2-4-18(11-17)24-20(27)16-7-9-25(10-8-16)19-6-5-15(12-21)13-22-19/h2-6,11,13,16H,7-10H2,1H3,(H,23,26)(H,24,27). The molecule has 2 N–H and O–H groups in total. The number of aromatic nitrogens is 1. The van der Waals surface area contributed by atoms with Gasteiger partial charge in [0.05, 0.1) is 5.56 Å². The molecule has 1 aliphatic rings. The van der Waals surface area contributed by atoms with Crippen molar-refractivity contribution in [1.82, 2.24) is 4.98 Å². The number of pyridine rings is 1. The molecule has 0 bridgehead atoms. The molecule has 0 saturated carbocycles. The van der Waals surface area contributed by atoms with Crippen molar-refractivity contribution in [3.05, 3.63) is 48.2 Å². The molecule has 0 atom stereocenters. The summed E-state index contributed by atoms with van der Waals surface area (Å²) in [5.74, 6) is 0.601. The van der Waals surface area contributed by atoms with E-state index in [1.54, 1.807) is 36.5 Å². The molecule has 7 nitrogen and oxygen atoms in total. The molecule has 3 rings (SSSR count). The first-order valence-corrected chi connectivity index (χ1v) is 8.85. The number of hydrogen-bond acceptors (Lipinski definition) is 5. The third-order valence-electron chi connectivity index (χ3n) is 4.52. The minimum absolute atomic E-state index is 0.0117. The van der Waals surface area contributed by atoms with Gasteiger partial charge in [-0.2, -0.15) is 5.26 Å². The van der Waals surface area contributed by atoms with Crippen LogP contribution in [0.5, 0.6) is 0 Å². The van der Waals surface area contributed by atoms with Gasteiger partial charge in [0.2, 0.25) is 11.8 Å². The quantitative estimate of drug-likeness (QED) is 0.870. The van der Waals surface area contributed by atoms with Crippen LogP contribution in [0.4, 0.5) is 17.2 Å². The van der Waals surface area contributed by atoms with Crippen molar-refractivity contribution in [3.8, 4) is 6.07 Å². The summed E-state index contributed by atoms with van der Waals surface area (Å²) >= 11 is 0. The Morgan fingerprint density at radius 2 is 1.85 bits per heavy atom. The van der Waals surface area contributed by atoms with Crippen molar-refractivity contribution in [3.63, 3.8) is 0 Å². The number of hydrogen-bond donors (Lipinski definition) is 2. The third-order valence-corrected chi connectivity index (χ3v) is 4.52. The molecule has 0 unspecified atom stereocenters. The molecule has 0 aliphatic carbocycles. The molecule has 1 aliphatic heterocycles.